The average Bonchev–Trinajstić information content (AvgIpc) is 2.32. The van der Waals surface area contributed by atoms with Gasteiger partial charge in [0, 0.05) is 43.7 Å². The van der Waals surface area contributed by atoms with E-state index >= 15 is 0 Å². The summed E-state index contributed by atoms with van der Waals surface area (Å²) in [7, 11) is 3.63. The third-order valence-corrected chi connectivity index (χ3v) is 2.85. The lowest BCUT2D eigenvalue weighted by Gasteiger charge is -2.26. The molecule has 1 rings (SSSR count). The van der Waals surface area contributed by atoms with Crippen LogP contribution in [-0.4, -0.2) is 43.3 Å². The Balaban J connectivity index is 2.88. The molecular weight excluding hydrogens is 228 g/mol. The summed E-state index contributed by atoms with van der Waals surface area (Å²) in [6, 6.07) is 0.356. The number of rotatable bonds is 7. The van der Waals surface area contributed by atoms with Gasteiger partial charge in [-0.05, 0) is 27.8 Å². The maximum atomic E-state index is 5.13. The van der Waals surface area contributed by atoms with E-state index < -0.39 is 0 Å². The van der Waals surface area contributed by atoms with Gasteiger partial charge in [-0.25, -0.2) is 9.97 Å². The largest absolute Gasteiger partial charge is 0.383 e. The second kappa shape index (κ2) is 7.28. The van der Waals surface area contributed by atoms with Gasteiger partial charge in [0.25, 0.3) is 0 Å². The van der Waals surface area contributed by atoms with Crippen molar-refractivity contribution in [3.63, 3.8) is 0 Å². The van der Waals surface area contributed by atoms with Crippen LogP contribution in [0.1, 0.15) is 25.1 Å². The van der Waals surface area contributed by atoms with Crippen LogP contribution in [0.3, 0.4) is 0 Å². The van der Waals surface area contributed by atoms with E-state index in [-0.39, 0.29) is 0 Å². The molecular formula is C13H24N4O. The van der Waals surface area contributed by atoms with Crippen molar-refractivity contribution in [1.82, 2.24) is 15.3 Å². The molecule has 1 heterocycles. The lowest BCUT2D eigenvalue weighted by Crippen LogP contribution is -2.35. The Morgan fingerprint density at radius 2 is 2.17 bits per heavy atom. The fourth-order valence-electron chi connectivity index (χ4n) is 1.76. The standard InChI is InChI=1S/C13H24N4O/c1-10(2)17(6-7-18-5)13-15-9-12(8-14-4)11(3)16-13/h9-10,14H,6-8H2,1-5H3. The van der Waals surface area contributed by atoms with Crippen molar-refractivity contribution in [2.75, 3.05) is 32.2 Å². The van der Waals surface area contributed by atoms with Gasteiger partial charge in [-0.2, -0.15) is 0 Å². The zero-order valence-corrected chi connectivity index (χ0v) is 12.0. The molecule has 1 N–H and O–H groups in total. The third-order valence-electron chi connectivity index (χ3n) is 2.85. The molecule has 0 bridgehead atoms. The van der Waals surface area contributed by atoms with Crippen LogP contribution in [-0.2, 0) is 11.3 Å². The molecule has 102 valence electrons. The molecule has 0 aliphatic heterocycles. The minimum absolute atomic E-state index is 0.356. The van der Waals surface area contributed by atoms with E-state index in [0.717, 1.165) is 30.3 Å². The first-order valence-electron chi connectivity index (χ1n) is 6.32. The lowest BCUT2D eigenvalue weighted by molar-refractivity contribution is 0.203. The zero-order chi connectivity index (χ0) is 13.5. The molecule has 0 aliphatic carbocycles. The number of nitrogens with zero attached hydrogens (tertiary/aromatic N) is 3. The molecule has 1 aromatic rings. The van der Waals surface area contributed by atoms with Crippen LogP contribution in [0.15, 0.2) is 6.20 Å². The van der Waals surface area contributed by atoms with Crippen molar-refractivity contribution < 1.29 is 4.74 Å². The highest BCUT2D eigenvalue weighted by molar-refractivity contribution is 5.34. The van der Waals surface area contributed by atoms with Crippen LogP contribution in [0.25, 0.3) is 0 Å². The van der Waals surface area contributed by atoms with E-state index in [2.05, 4.69) is 34.0 Å². The Morgan fingerprint density at radius 3 is 2.67 bits per heavy atom. The number of anilines is 1. The highest BCUT2D eigenvalue weighted by Gasteiger charge is 2.14. The molecule has 0 amide bonds. The summed E-state index contributed by atoms with van der Waals surface area (Å²) < 4.78 is 5.13. The van der Waals surface area contributed by atoms with Gasteiger partial charge in [0.2, 0.25) is 5.95 Å². The molecule has 0 saturated heterocycles. The number of aromatic nitrogens is 2. The summed E-state index contributed by atoms with van der Waals surface area (Å²) in [4.78, 5) is 11.2. The van der Waals surface area contributed by atoms with Crippen molar-refractivity contribution in [2.24, 2.45) is 0 Å². The fraction of sp³-hybridized carbons (Fsp3) is 0.692. The summed E-state index contributed by atoms with van der Waals surface area (Å²) in [5.41, 5.74) is 2.16. The highest BCUT2D eigenvalue weighted by atomic mass is 16.5. The zero-order valence-electron chi connectivity index (χ0n) is 12.0. The molecule has 0 atom stereocenters. The minimum atomic E-state index is 0.356. The maximum absolute atomic E-state index is 5.13. The Labute approximate surface area is 110 Å². The minimum Gasteiger partial charge on any atom is -0.383 e. The van der Waals surface area contributed by atoms with Crippen LogP contribution >= 0.6 is 0 Å². The first kappa shape index (κ1) is 14.9. The first-order chi connectivity index (χ1) is 8.60. The number of hydrogen-bond acceptors (Lipinski definition) is 5. The Kier molecular flexibility index (Phi) is 6.01. The van der Waals surface area contributed by atoms with Crippen molar-refractivity contribution >= 4 is 5.95 Å². The number of methoxy groups -OCH3 is 1. The fourth-order valence-corrected chi connectivity index (χ4v) is 1.76. The molecule has 0 radical (unpaired) electrons. The van der Waals surface area contributed by atoms with Gasteiger partial charge < -0.3 is 15.0 Å². The van der Waals surface area contributed by atoms with Crippen LogP contribution in [0.5, 0.6) is 0 Å². The summed E-state index contributed by atoms with van der Waals surface area (Å²) in [6.45, 7) is 8.57. The predicted octanol–water partition coefficient (Wildman–Crippen LogP) is 1.37. The van der Waals surface area contributed by atoms with Crippen molar-refractivity contribution in [2.45, 2.75) is 33.4 Å². The molecule has 5 nitrogen and oxygen atoms in total. The normalized spacial score (nSPS) is 11.0. The molecule has 0 fully saturated rings. The van der Waals surface area contributed by atoms with Crippen molar-refractivity contribution in [3.8, 4) is 0 Å². The summed E-state index contributed by atoms with van der Waals surface area (Å²) in [5.74, 6) is 0.777. The summed E-state index contributed by atoms with van der Waals surface area (Å²) in [5, 5.41) is 3.12. The number of ether oxygens (including phenoxy) is 1. The van der Waals surface area contributed by atoms with Gasteiger partial charge in [-0.3, -0.25) is 0 Å². The Hall–Kier alpha value is -1.20. The highest BCUT2D eigenvalue weighted by Crippen LogP contribution is 2.13. The van der Waals surface area contributed by atoms with Gasteiger partial charge in [0.1, 0.15) is 0 Å². The lowest BCUT2D eigenvalue weighted by atomic mass is 10.2. The average molecular weight is 252 g/mol. The maximum Gasteiger partial charge on any atom is 0.225 e. The summed E-state index contributed by atoms with van der Waals surface area (Å²) in [6.07, 6.45) is 1.90. The quantitative estimate of drug-likeness (QED) is 0.794. The smallest absolute Gasteiger partial charge is 0.225 e. The summed E-state index contributed by atoms with van der Waals surface area (Å²) >= 11 is 0. The Morgan fingerprint density at radius 1 is 1.44 bits per heavy atom. The predicted molar refractivity (Wildman–Crippen MR) is 73.9 cm³/mol. The Bertz CT molecular complexity index is 368. The number of aryl methyl sites for hydroxylation is 1. The monoisotopic (exact) mass is 252 g/mol. The van der Waals surface area contributed by atoms with Gasteiger partial charge in [-0.1, -0.05) is 0 Å². The molecule has 0 unspecified atom stereocenters. The van der Waals surface area contributed by atoms with E-state index in [1.165, 1.54) is 0 Å². The van der Waals surface area contributed by atoms with Crippen molar-refractivity contribution in [3.05, 3.63) is 17.5 Å². The molecule has 18 heavy (non-hydrogen) atoms. The van der Waals surface area contributed by atoms with E-state index in [4.69, 9.17) is 4.74 Å². The van der Waals surface area contributed by atoms with Crippen molar-refractivity contribution in [1.29, 1.82) is 0 Å². The van der Waals surface area contributed by atoms with E-state index in [1.807, 2.05) is 20.2 Å². The molecule has 0 saturated carbocycles. The number of nitrogens with one attached hydrogen (secondary N) is 1. The molecule has 0 aromatic carbocycles. The van der Waals surface area contributed by atoms with Crippen LogP contribution in [0.4, 0.5) is 5.95 Å². The molecule has 0 aliphatic rings. The SMILES string of the molecule is CNCc1cnc(N(CCOC)C(C)C)nc1C. The molecule has 1 aromatic heterocycles. The van der Waals surface area contributed by atoms with Crippen LogP contribution in [0.2, 0.25) is 0 Å². The first-order valence-corrected chi connectivity index (χ1v) is 6.32. The molecule has 0 spiro atoms. The number of hydrogen-bond donors (Lipinski definition) is 1. The van der Waals surface area contributed by atoms with Gasteiger partial charge in [0.15, 0.2) is 0 Å². The van der Waals surface area contributed by atoms with Gasteiger partial charge in [-0.15, -0.1) is 0 Å². The second-order valence-electron chi connectivity index (χ2n) is 4.59. The van der Waals surface area contributed by atoms with E-state index in [9.17, 15) is 0 Å². The molecule has 5 heteroatoms. The van der Waals surface area contributed by atoms with Gasteiger partial charge in [0.05, 0.1) is 6.61 Å². The van der Waals surface area contributed by atoms with Gasteiger partial charge >= 0.3 is 0 Å². The van der Waals surface area contributed by atoms with Crippen LogP contribution in [0, 0.1) is 6.92 Å². The second-order valence-corrected chi connectivity index (χ2v) is 4.59. The van der Waals surface area contributed by atoms with E-state index in [1.54, 1.807) is 7.11 Å². The third kappa shape index (κ3) is 3.92. The van der Waals surface area contributed by atoms with Crippen LogP contribution < -0.4 is 10.2 Å². The van der Waals surface area contributed by atoms with E-state index in [0.29, 0.717) is 12.6 Å². The topological polar surface area (TPSA) is 50.3 Å².